The lowest BCUT2D eigenvalue weighted by molar-refractivity contribution is 0.666. The highest BCUT2D eigenvalue weighted by Gasteiger charge is 2.39. The minimum Gasteiger partial charge on any atom is -0.456 e. The summed E-state index contributed by atoms with van der Waals surface area (Å²) in [7, 11) is 0. The van der Waals surface area contributed by atoms with Gasteiger partial charge in [0, 0.05) is 147 Å². The molecule has 0 aliphatic heterocycles. The van der Waals surface area contributed by atoms with Gasteiger partial charge in [0.2, 0.25) is 0 Å². The molecule has 0 saturated carbocycles. The van der Waals surface area contributed by atoms with Crippen LogP contribution in [0, 0.1) is 0 Å². The fourth-order valence-corrected chi connectivity index (χ4v) is 24.4. The van der Waals surface area contributed by atoms with Gasteiger partial charge < -0.3 is 17.7 Å². The molecule has 698 valence electrons. The van der Waals surface area contributed by atoms with E-state index >= 15 is 0 Å². The van der Waals surface area contributed by atoms with Crippen molar-refractivity contribution in [2.45, 2.75) is 19.3 Å². The number of fused-ring (bicyclic) bond motifs is 30. The van der Waals surface area contributed by atoms with Crippen molar-refractivity contribution < 1.29 is 17.7 Å². The molecule has 13 nitrogen and oxygen atoms in total. The van der Waals surface area contributed by atoms with Crippen LogP contribution in [0.4, 0.5) is 0 Å². The van der Waals surface area contributed by atoms with Gasteiger partial charge in [0.1, 0.15) is 62.1 Å². The molecule has 0 radical (unpaired) electrons. The van der Waals surface area contributed by atoms with Crippen molar-refractivity contribution in [2.75, 3.05) is 0 Å². The molecule has 0 atom stereocenters. The number of aromatic nitrogens is 9. The molecular weight excluding hydrogens is 1840 g/mol. The van der Waals surface area contributed by atoms with Gasteiger partial charge in [0.25, 0.3) is 0 Å². The fourth-order valence-electron chi connectivity index (χ4n) is 23.2. The van der Waals surface area contributed by atoms with Gasteiger partial charge in [-0.1, -0.05) is 341 Å². The number of benzene rings is 20. The van der Waals surface area contributed by atoms with Crippen LogP contribution in [0.15, 0.2) is 485 Å². The number of nitrogens with zero attached hydrogens (tertiary/aromatic N) is 9. The Kier molecular flexibility index (Phi) is 19.3. The van der Waals surface area contributed by atoms with E-state index in [0.717, 1.165) is 216 Å². The van der Waals surface area contributed by atoms with Crippen LogP contribution in [0.3, 0.4) is 0 Å². The predicted molar refractivity (Wildman–Crippen MR) is 612 cm³/mol. The van der Waals surface area contributed by atoms with Crippen LogP contribution in [0.2, 0.25) is 0 Å². The summed E-state index contributed by atoms with van der Waals surface area (Å²) in [6, 6.07) is 163. The molecular formula is C135H83N9O4S. The Morgan fingerprint density at radius 2 is 0.570 bits per heavy atom. The lowest BCUT2D eigenvalue weighted by Crippen LogP contribution is -2.15. The second-order valence-electron chi connectivity index (χ2n) is 39.0. The number of para-hydroxylation sites is 7. The van der Waals surface area contributed by atoms with Crippen LogP contribution in [0.1, 0.15) is 25.0 Å². The molecule has 1 aliphatic carbocycles. The van der Waals surface area contributed by atoms with Crippen LogP contribution in [-0.2, 0) is 5.41 Å². The third-order valence-electron chi connectivity index (χ3n) is 30.1. The largest absolute Gasteiger partial charge is 0.456 e. The van der Waals surface area contributed by atoms with Crippen molar-refractivity contribution in [3.05, 3.63) is 478 Å². The van der Waals surface area contributed by atoms with Crippen molar-refractivity contribution in [3.8, 4) is 119 Å². The second kappa shape index (κ2) is 33.8. The van der Waals surface area contributed by atoms with E-state index in [4.69, 9.17) is 47.6 Å². The van der Waals surface area contributed by atoms with E-state index in [1.165, 1.54) is 69.5 Å². The summed E-state index contributed by atoms with van der Waals surface area (Å²) >= 11 is 1.86. The van der Waals surface area contributed by atoms with E-state index in [0.29, 0.717) is 17.5 Å². The third-order valence-corrected chi connectivity index (χ3v) is 31.3. The van der Waals surface area contributed by atoms with E-state index in [-0.39, 0.29) is 5.41 Å². The van der Waals surface area contributed by atoms with Crippen molar-refractivity contribution in [2.24, 2.45) is 0 Å². The normalized spacial score (nSPS) is 12.4. The van der Waals surface area contributed by atoms with Gasteiger partial charge in [0.05, 0.1) is 55.6 Å². The minimum atomic E-state index is -0.162. The van der Waals surface area contributed by atoms with Crippen LogP contribution in [0.5, 0.6) is 0 Å². The summed E-state index contributed by atoms with van der Waals surface area (Å²) < 4.78 is 34.9. The standard InChI is InChI=1S/C49H33N3O.C46H27N3O2.C40H23N3OS/c1-49(2)39-17-9-6-14-34(39)37-26-27-42-46(47(37)49)38-16-7-10-18-41(38)52(42)45-29-40(33-24-25-36-35-15-8-11-19-43(35)53-44(36)28-33)50-48(51-45)32-22-20-31(21-23-32)30-12-4-3-5-13-30;1-2-11-28(12-3-1)29-13-10-14-31(25-29)46-47-37(30-21-22-34-32-15-5-8-19-40(32)50-42(34)26-30)27-43(48-46)49-38-18-7-4-17-36(38)44-39(49)24-23-35-33-16-6-9-20-41(33)51-45(35)44;1-2-10-24(11-3-1)40-41-31(25-18-21-35-30(22-25)26-12-5-8-16-34(26)44-35)23-37(42-40)43-32-15-7-4-14-29(32)38-33(43)20-19-28-27-13-6-9-17-36(27)45-39(28)38/h3-29H,1-2H3;1-27H;1-23H. The molecule has 149 heavy (non-hydrogen) atoms. The van der Waals surface area contributed by atoms with Crippen LogP contribution in [-0.4, -0.2) is 43.6 Å². The summed E-state index contributed by atoms with van der Waals surface area (Å²) in [6.45, 7) is 4.72. The number of rotatable bonds is 11. The summed E-state index contributed by atoms with van der Waals surface area (Å²) in [5, 5.41) is 18.5. The van der Waals surface area contributed by atoms with Gasteiger partial charge in [0.15, 0.2) is 17.5 Å². The number of furan rings is 4. The van der Waals surface area contributed by atoms with Crippen molar-refractivity contribution in [3.63, 3.8) is 0 Å². The lowest BCUT2D eigenvalue weighted by Gasteiger charge is -2.22. The molecule has 0 bridgehead atoms. The Morgan fingerprint density at radius 1 is 0.208 bits per heavy atom. The van der Waals surface area contributed by atoms with Gasteiger partial charge >= 0.3 is 0 Å². The maximum Gasteiger partial charge on any atom is 0.162 e. The molecule has 0 spiro atoms. The molecule has 11 heterocycles. The van der Waals surface area contributed by atoms with E-state index in [1.54, 1.807) is 0 Å². The zero-order valence-electron chi connectivity index (χ0n) is 80.5. The molecule has 0 N–H and O–H groups in total. The Bertz CT molecular complexity index is 11000. The third kappa shape index (κ3) is 13.8. The number of thiophene rings is 1. The first-order valence-electron chi connectivity index (χ1n) is 50.2. The van der Waals surface area contributed by atoms with Gasteiger partial charge in [-0.05, 0) is 166 Å². The van der Waals surface area contributed by atoms with Crippen LogP contribution < -0.4 is 0 Å². The monoisotopic (exact) mass is 1930 g/mol. The molecule has 0 fully saturated rings. The zero-order valence-corrected chi connectivity index (χ0v) is 81.3. The highest BCUT2D eigenvalue weighted by molar-refractivity contribution is 7.26. The van der Waals surface area contributed by atoms with E-state index in [9.17, 15) is 0 Å². The van der Waals surface area contributed by atoms with Crippen LogP contribution >= 0.6 is 11.3 Å². The highest BCUT2D eigenvalue weighted by Crippen LogP contribution is 2.55. The van der Waals surface area contributed by atoms with E-state index in [1.807, 2.05) is 102 Å². The Morgan fingerprint density at radius 3 is 1.15 bits per heavy atom. The van der Waals surface area contributed by atoms with Crippen molar-refractivity contribution in [1.29, 1.82) is 0 Å². The van der Waals surface area contributed by atoms with E-state index < -0.39 is 0 Å². The Balaban J connectivity index is 0.000000103. The molecule has 11 aromatic heterocycles. The molecule has 1 aliphatic rings. The first kappa shape index (κ1) is 85.1. The molecule has 0 unspecified atom stereocenters. The molecule has 20 aromatic carbocycles. The summed E-state index contributed by atoms with van der Waals surface area (Å²) in [5.74, 6) is 4.42. The van der Waals surface area contributed by atoms with Crippen LogP contribution in [0.25, 0.3) is 292 Å². The average Bonchev–Trinajstić information content (AvgIpc) is 1.53. The van der Waals surface area contributed by atoms with Gasteiger partial charge in [-0.2, -0.15) is 0 Å². The van der Waals surface area contributed by atoms with Gasteiger partial charge in [-0.3, -0.25) is 13.7 Å². The predicted octanol–water partition coefficient (Wildman–Crippen LogP) is 36.3. The molecule has 0 amide bonds. The summed E-state index contributed by atoms with van der Waals surface area (Å²) in [6.07, 6.45) is 0. The molecule has 0 saturated heterocycles. The highest BCUT2D eigenvalue weighted by atomic mass is 32.1. The maximum absolute atomic E-state index is 6.57. The topological polar surface area (TPSA) is 145 Å². The quantitative estimate of drug-likeness (QED) is 0.123. The van der Waals surface area contributed by atoms with E-state index in [2.05, 4.69) is 404 Å². The lowest BCUT2D eigenvalue weighted by atomic mass is 9.80. The van der Waals surface area contributed by atoms with Crippen molar-refractivity contribution in [1.82, 2.24) is 43.6 Å². The van der Waals surface area contributed by atoms with Crippen molar-refractivity contribution >= 4 is 185 Å². The smallest absolute Gasteiger partial charge is 0.162 e. The van der Waals surface area contributed by atoms with Gasteiger partial charge in [-0.15, -0.1) is 11.3 Å². The van der Waals surface area contributed by atoms with Gasteiger partial charge in [-0.25, -0.2) is 29.9 Å². The summed E-state index contributed by atoms with van der Waals surface area (Å²) in [5.41, 5.74) is 31.6. The first-order valence-corrected chi connectivity index (χ1v) is 51.1. The zero-order chi connectivity index (χ0) is 98.2. The molecule has 32 rings (SSSR count). The second-order valence-corrected chi connectivity index (χ2v) is 40.0. The number of hydrogen-bond donors (Lipinski definition) is 0. The molecule has 31 aromatic rings. The Labute approximate surface area is 856 Å². The number of hydrogen-bond acceptors (Lipinski definition) is 11. The summed E-state index contributed by atoms with van der Waals surface area (Å²) in [4.78, 5) is 31.6. The minimum absolute atomic E-state index is 0.162. The SMILES string of the molecule is CC1(C)c2ccccc2-c2ccc3c(c21)c1ccccc1n3-c1cc(-c2ccc3c(c2)oc2ccccc23)nc(-c2ccc(-c3ccccc3)cc2)n1.c1ccc(-c2cccc(-c3nc(-c4ccc5c(c4)oc4ccccc45)cc(-n4c5ccccc5c5c6oc7ccccc7c6ccc54)n3)c2)cc1.c1ccc(-c2nc(-c3ccc4oc5ccccc5c4c3)cc(-n3c4ccccc4c4c5sc6ccccc6c5ccc43)n2)cc1. The maximum atomic E-state index is 6.57. The Hall–Kier alpha value is -19.5. The fraction of sp³-hybridized carbons (Fsp3) is 0.0222. The first-order chi connectivity index (χ1) is 73.6. The molecule has 14 heteroatoms. The average molecular weight is 1930 g/mol.